The second-order valence-corrected chi connectivity index (χ2v) is 5.31. The molecular weight excluding hydrogens is 266 g/mol. The van der Waals surface area contributed by atoms with E-state index in [9.17, 15) is 4.79 Å². The van der Waals surface area contributed by atoms with E-state index in [1.165, 1.54) is 19.8 Å². The number of aromatic amines is 1. The number of hydrogen-bond donors (Lipinski definition) is 3. The molecule has 110 valence electrons. The van der Waals surface area contributed by atoms with Crippen LogP contribution < -0.4 is 10.6 Å². The molecule has 3 rings (SSSR count). The summed E-state index contributed by atoms with van der Waals surface area (Å²) in [4.78, 5) is 15.7. The second kappa shape index (κ2) is 6.05. The molecule has 2 heterocycles. The first-order valence-corrected chi connectivity index (χ1v) is 7.26. The van der Waals surface area contributed by atoms with Crippen molar-refractivity contribution in [1.82, 2.24) is 20.5 Å². The first-order valence-electron chi connectivity index (χ1n) is 7.26. The van der Waals surface area contributed by atoms with E-state index in [1.807, 2.05) is 24.3 Å². The van der Waals surface area contributed by atoms with Gasteiger partial charge in [0.1, 0.15) is 5.82 Å². The molecule has 0 aliphatic carbocycles. The van der Waals surface area contributed by atoms with E-state index in [-0.39, 0.29) is 11.9 Å². The second-order valence-electron chi connectivity index (χ2n) is 5.31. The number of anilines is 1. The number of nitrogens with one attached hydrogen (secondary N) is 3. The molecular formula is C15H19N5O. The third-order valence-electron chi connectivity index (χ3n) is 3.58. The van der Waals surface area contributed by atoms with Crippen LogP contribution in [0.4, 0.5) is 5.69 Å². The van der Waals surface area contributed by atoms with Gasteiger partial charge in [0.25, 0.3) is 0 Å². The third kappa shape index (κ3) is 3.28. The third-order valence-corrected chi connectivity index (χ3v) is 3.58. The van der Waals surface area contributed by atoms with Crippen LogP contribution in [0.25, 0.3) is 11.4 Å². The maximum atomic E-state index is 11.1. The van der Waals surface area contributed by atoms with Crippen molar-refractivity contribution in [2.24, 2.45) is 0 Å². The fourth-order valence-corrected chi connectivity index (χ4v) is 2.58. The maximum Gasteiger partial charge on any atom is 0.221 e. The zero-order valence-electron chi connectivity index (χ0n) is 12.0. The number of rotatable bonds is 3. The van der Waals surface area contributed by atoms with Crippen LogP contribution in [0.2, 0.25) is 0 Å². The molecule has 1 aliphatic heterocycles. The van der Waals surface area contributed by atoms with Gasteiger partial charge in [-0.3, -0.25) is 9.89 Å². The summed E-state index contributed by atoms with van der Waals surface area (Å²) in [7, 11) is 0. The lowest BCUT2D eigenvalue weighted by molar-refractivity contribution is -0.114. The Hall–Kier alpha value is -2.21. The summed E-state index contributed by atoms with van der Waals surface area (Å²) in [5.74, 6) is 1.45. The van der Waals surface area contributed by atoms with Crippen molar-refractivity contribution in [2.45, 2.75) is 32.2 Å². The highest BCUT2D eigenvalue weighted by Gasteiger charge is 2.18. The highest BCUT2D eigenvalue weighted by Crippen LogP contribution is 2.23. The van der Waals surface area contributed by atoms with Gasteiger partial charge in [0, 0.05) is 18.2 Å². The molecule has 1 saturated heterocycles. The maximum absolute atomic E-state index is 11.1. The molecule has 3 N–H and O–H groups in total. The normalized spacial score (nSPS) is 18.4. The molecule has 1 unspecified atom stereocenters. The van der Waals surface area contributed by atoms with Gasteiger partial charge < -0.3 is 10.6 Å². The van der Waals surface area contributed by atoms with Crippen LogP contribution in [0.3, 0.4) is 0 Å². The molecule has 1 aliphatic rings. The number of nitrogens with zero attached hydrogens (tertiary/aromatic N) is 2. The van der Waals surface area contributed by atoms with E-state index in [2.05, 4.69) is 25.8 Å². The number of carbonyl (C=O) groups excluding carboxylic acids is 1. The van der Waals surface area contributed by atoms with Gasteiger partial charge in [-0.25, -0.2) is 4.98 Å². The molecule has 1 atom stereocenters. The Kier molecular flexibility index (Phi) is 3.96. The number of benzene rings is 1. The summed E-state index contributed by atoms with van der Waals surface area (Å²) >= 11 is 0. The molecule has 1 aromatic carbocycles. The molecule has 21 heavy (non-hydrogen) atoms. The number of piperidine rings is 1. The number of carbonyl (C=O) groups is 1. The van der Waals surface area contributed by atoms with Crippen molar-refractivity contribution in [3.8, 4) is 11.4 Å². The lowest BCUT2D eigenvalue weighted by Gasteiger charge is -2.20. The highest BCUT2D eigenvalue weighted by atomic mass is 16.1. The molecule has 6 heteroatoms. The van der Waals surface area contributed by atoms with Gasteiger partial charge in [-0.2, -0.15) is 5.10 Å². The van der Waals surface area contributed by atoms with Crippen LogP contribution in [-0.4, -0.2) is 27.6 Å². The first kappa shape index (κ1) is 13.8. The highest BCUT2D eigenvalue weighted by molar-refractivity contribution is 5.89. The summed E-state index contributed by atoms with van der Waals surface area (Å²) in [6.45, 7) is 2.52. The van der Waals surface area contributed by atoms with Crippen LogP contribution in [0, 0.1) is 0 Å². The summed E-state index contributed by atoms with van der Waals surface area (Å²) in [6.07, 6.45) is 3.52. The van der Waals surface area contributed by atoms with Crippen molar-refractivity contribution >= 4 is 11.6 Å². The first-order chi connectivity index (χ1) is 10.2. The van der Waals surface area contributed by atoms with E-state index >= 15 is 0 Å². The van der Waals surface area contributed by atoms with Crippen molar-refractivity contribution in [3.05, 3.63) is 30.1 Å². The fourth-order valence-electron chi connectivity index (χ4n) is 2.58. The van der Waals surface area contributed by atoms with Gasteiger partial charge in [0.2, 0.25) is 5.91 Å². The van der Waals surface area contributed by atoms with Crippen molar-refractivity contribution < 1.29 is 4.79 Å². The molecule has 0 radical (unpaired) electrons. The Morgan fingerprint density at radius 2 is 2.29 bits per heavy atom. The summed E-state index contributed by atoms with van der Waals surface area (Å²) < 4.78 is 0. The molecule has 1 aromatic heterocycles. The molecule has 0 saturated carbocycles. The van der Waals surface area contributed by atoms with Crippen LogP contribution in [0.5, 0.6) is 0 Å². The van der Waals surface area contributed by atoms with Gasteiger partial charge >= 0.3 is 0 Å². The summed E-state index contributed by atoms with van der Waals surface area (Å²) in [5, 5.41) is 13.5. The predicted molar refractivity (Wildman–Crippen MR) is 80.7 cm³/mol. The van der Waals surface area contributed by atoms with Crippen molar-refractivity contribution in [2.75, 3.05) is 11.9 Å². The number of amides is 1. The van der Waals surface area contributed by atoms with Gasteiger partial charge in [-0.05, 0) is 31.5 Å². The quantitative estimate of drug-likeness (QED) is 0.807. The monoisotopic (exact) mass is 285 g/mol. The Morgan fingerprint density at radius 1 is 1.38 bits per heavy atom. The fraction of sp³-hybridized carbons (Fsp3) is 0.400. The van der Waals surface area contributed by atoms with Crippen LogP contribution >= 0.6 is 0 Å². The van der Waals surface area contributed by atoms with Gasteiger partial charge in [0.05, 0.1) is 6.04 Å². The molecule has 0 bridgehead atoms. The van der Waals surface area contributed by atoms with E-state index in [4.69, 9.17) is 0 Å². The average Bonchev–Trinajstić information content (AvgIpc) is 2.98. The average molecular weight is 285 g/mol. The largest absolute Gasteiger partial charge is 0.326 e. The minimum absolute atomic E-state index is 0.0887. The molecule has 1 fully saturated rings. The van der Waals surface area contributed by atoms with E-state index < -0.39 is 0 Å². The van der Waals surface area contributed by atoms with Crippen LogP contribution in [0.1, 0.15) is 38.1 Å². The van der Waals surface area contributed by atoms with Gasteiger partial charge in [-0.1, -0.05) is 18.6 Å². The predicted octanol–water partition coefficient (Wildman–Crippen LogP) is 2.24. The number of H-pyrrole nitrogens is 1. The summed E-state index contributed by atoms with van der Waals surface area (Å²) in [6, 6.07) is 7.81. The zero-order chi connectivity index (χ0) is 14.7. The summed E-state index contributed by atoms with van der Waals surface area (Å²) in [5.41, 5.74) is 1.64. The standard InChI is InChI=1S/C15H19N5O/c1-10(21)17-12-6-4-5-11(9-12)14-18-15(20-19-14)13-7-2-3-8-16-13/h4-6,9,13,16H,2-3,7-8H2,1H3,(H,17,21)(H,18,19,20). The van der Waals surface area contributed by atoms with Gasteiger partial charge in [0.15, 0.2) is 5.82 Å². The SMILES string of the molecule is CC(=O)Nc1cccc(-c2n[nH]c(C3CCCCN3)n2)c1. The molecule has 1 amide bonds. The number of hydrogen-bond acceptors (Lipinski definition) is 4. The van der Waals surface area contributed by atoms with Crippen molar-refractivity contribution in [3.63, 3.8) is 0 Å². The number of aromatic nitrogens is 3. The minimum atomic E-state index is -0.0887. The Labute approximate surface area is 123 Å². The van der Waals surface area contributed by atoms with Crippen LogP contribution in [-0.2, 0) is 4.79 Å². The topological polar surface area (TPSA) is 82.7 Å². The van der Waals surface area contributed by atoms with Crippen LogP contribution in [0.15, 0.2) is 24.3 Å². The Bertz CT molecular complexity index is 630. The molecule has 6 nitrogen and oxygen atoms in total. The minimum Gasteiger partial charge on any atom is -0.326 e. The van der Waals surface area contributed by atoms with E-state index in [0.717, 1.165) is 30.0 Å². The molecule has 2 aromatic rings. The smallest absolute Gasteiger partial charge is 0.221 e. The lowest BCUT2D eigenvalue weighted by Crippen LogP contribution is -2.27. The van der Waals surface area contributed by atoms with Crippen molar-refractivity contribution in [1.29, 1.82) is 0 Å². The van der Waals surface area contributed by atoms with E-state index in [1.54, 1.807) is 0 Å². The van der Waals surface area contributed by atoms with E-state index in [0.29, 0.717) is 5.82 Å². The zero-order valence-corrected chi connectivity index (χ0v) is 12.0. The van der Waals surface area contributed by atoms with Gasteiger partial charge in [-0.15, -0.1) is 0 Å². The molecule has 0 spiro atoms. The Morgan fingerprint density at radius 3 is 3.05 bits per heavy atom. The lowest BCUT2D eigenvalue weighted by atomic mass is 10.0. The Balaban J connectivity index is 1.80.